The van der Waals surface area contributed by atoms with E-state index in [4.69, 9.17) is 16.6 Å². The molecular weight excluding hydrogens is 306 g/mol. The summed E-state index contributed by atoms with van der Waals surface area (Å²) in [4.78, 5) is 9.21. The number of nitrogens with one attached hydrogen (secondary N) is 1. The topological polar surface area (TPSA) is 37.8 Å². The van der Waals surface area contributed by atoms with E-state index in [1.54, 1.807) is 0 Å². The number of halogens is 1. The summed E-state index contributed by atoms with van der Waals surface area (Å²) in [5.74, 6) is 0. The predicted octanol–water partition coefficient (Wildman–Crippen LogP) is 5.47. The molecule has 0 radical (unpaired) electrons. The van der Waals surface area contributed by atoms with Crippen LogP contribution in [0.1, 0.15) is 25.3 Å². The minimum Gasteiger partial charge on any atom is -0.384 e. The summed E-state index contributed by atoms with van der Waals surface area (Å²) in [5.41, 5.74) is 4.94. The predicted molar refractivity (Wildman–Crippen MR) is 98.1 cm³/mol. The van der Waals surface area contributed by atoms with Gasteiger partial charge in [-0.15, -0.1) is 0 Å². The lowest BCUT2D eigenvalue weighted by atomic mass is 10.1. The Balaban J connectivity index is 2.08. The van der Waals surface area contributed by atoms with E-state index in [9.17, 15) is 0 Å². The van der Waals surface area contributed by atoms with Crippen molar-refractivity contribution in [2.24, 2.45) is 0 Å². The minimum absolute atomic E-state index is 0.726. The van der Waals surface area contributed by atoms with E-state index in [2.05, 4.69) is 36.3 Å². The number of hydrogen-bond acceptors (Lipinski definition) is 3. The number of pyridine rings is 2. The molecule has 0 aliphatic carbocycles. The van der Waals surface area contributed by atoms with Gasteiger partial charge in [-0.2, -0.15) is 0 Å². The maximum Gasteiger partial charge on any atom is 0.161 e. The molecule has 0 saturated carbocycles. The number of aryl methyl sites for hydroxylation is 1. The first-order valence-corrected chi connectivity index (χ1v) is 8.32. The van der Waals surface area contributed by atoms with Crippen LogP contribution in [0.3, 0.4) is 0 Å². The van der Waals surface area contributed by atoms with Gasteiger partial charge in [0.1, 0.15) is 0 Å². The molecule has 3 aromatic rings. The van der Waals surface area contributed by atoms with Crippen LogP contribution in [0.4, 0.5) is 5.69 Å². The molecule has 0 amide bonds. The van der Waals surface area contributed by atoms with Crippen molar-refractivity contribution in [2.45, 2.75) is 26.7 Å². The smallest absolute Gasteiger partial charge is 0.161 e. The second kappa shape index (κ2) is 6.97. The number of aromatic nitrogens is 2. The molecule has 0 spiro atoms. The number of hydrogen-bond donors (Lipinski definition) is 1. The summed E-state index contributed by atoms with van der Waals surface area (Å²) in [6.45, 7) is 5.19. The van der Waals surface area contributed by atoms with Crippen molar-refractivity contribution in [1.29, 1.82) is 0 Å². The Labute approximate surface area is 141 Å². The lowest BCUT2D eigenvalue weighted by molar-refractivity contribution is 0.835. The van der Waals surface area contributed by atoms with Gasteiger partial charge in [0.25, 0.3) is 0 Å². The van der Waals surface area contributed by atoms with Crippen molar-refractivity contribution in [1.82, 2.24) is 9.97 Å². The van der Waals surface area contributed by atoms with Gasteiger partial charge in [0.05, 0.1) is 5.69 Å². The quantitative estimate of drug-likeness (QED) is 0.632. The van der Waals surface area contributed by atoms with Gasteiger partial charge in [-0.05, 0) is 43.2 Å². The SMILES string of the molecule is CCCCNc1cc(-c2ccc(Cl)cc2)nc2ncc(C)cc12. The number of rotatable bonds is 5. The van der Waals surface area contributed by atoms with Crippen LogP contribution in [0, 0.1) is 6.92 Å². The highest BCUT2D eigenvalue weighted by Gasteiger charge is 2.09. The molecular formula is C19H20ClN3. The van der Waals surface area contributed by atoms with Crippen LogP contribution in [0.5, 0.6) is 0 Å². The molecule has 0 bridgehead atoms. The van der Waals surface area contributed by atoms with Crippen molar-refractivity contribution in [3.8, 4) is 11.3 Å². The van der Waals surface area contributed by atoms with Gasteiger partial charge >= 0.3 is 0 Å². The Bertz CT molecular complexity index is 813. The standard InChI is InChI=1S/C19H20ClN3/c1-3-4-9-21-18-11-17(14-5-7-15(20)8-6-14)23-19-16(18)10-13(2)12-22-19/h5-8,10-12H,3-4,9H2,1-2H3,(H,21,22,23). The normalized spacial score (nSPS) is 10.9. The van der Waals surface area contributed by atoms with Gasteiger partial charge in [-0.3, -0.25) is 0 Å². The molecule has 1 aromatic carbocycles. The number of fused-ring (bicyclic) bond motifs is 1. The fraction of sp³-hybridized carbons (Fsp3) is 0.263. The highest BCUT2D eigenvalue weighted by Crippen LogP contribution is 2.28. The molecule has 0 atom stereocenters. The van der Waals surface area contributed by atoms with E-state index in [-0.39, 0.29) is 0 Å². The zero-order valence-electron chi connectivity index (χ0n) is 13.4. The van der Waals surface area contributed by atoms with Gasteiger partial charge in [0.15, 0.2) is 5.65 Å². The van der Waals surface area contributed by atoms with Crippen LogP contribution in [-0.4, -0.2) is 16.5 Å². The van der Waals surface area contributed by atoms with Crippen molar-refractivity contribution in [3.05, 3.63) is 53.2 Å². The van der Waals surface area contributed by atoms with E-state index < -0.39 is 0 Å². The zero-order valence-corrected chi connectivity index (χ0v) is 14.2. The van der Waals surface area contributed by atoms with Crippen LogP contribution in [0.2, 0.25) is 5.02 Å². The molecule has 3 nitrogen and oxygen atoms in total. The lowest BCUT2D eigenvalue weighted by Crippen LogP contribution is -2.03. The van der Waals surface area contributed by atoms with Crippen molar-refractivity contribution in [2.75, 3.05) is 11.9 Å². The van der Waals surface area contributed by atoms with Crippen molar-refractivity contribution in [3.63, 3.8) is 0 Å². The Hall–Kier alpha value is -2.13. The second-order valence-corrected chi connectivity index (χ2v) is 6.16. The summed E-state index contributed by atoms with van der Waals surface area (Å²) in [6, 6.07) is 12.0. The Morgan fingerprint density at radius 3 is 2.65 bits per heavy atom. The lowest BCUT2D eigenvalue weighted by Gasteiger charge is -2.12. The first-order valence-electron chi connectivity index (χ1n) is 7.94. The van der Waals surface area contributed by atoms with Crippen molar-refractivity contribution >= 4 is 28.3 Å². The van der Waals surface area contributed by atoms with E-state index in [0.29, 0.717) is 0 Å². The van der Waals surface area contributed by atoms with E-state index in [0.717, 1.165) is 58.0 Å². The highest BCUT2D eigenvalue weighted by atomic mass is 35.5. The number of benzene rings is 1. The minimum atomic E-state index is 0.726. The molecule has 3 rings (SSSR count). The van der Waals surface area contributed by atoms with E-state index >= 15 is 0 Å². The molecule has 0 aliphatic rings. The molecule has 2 aromatic heterocycles. The summed E-state index contributed by atoms with van der Waals surface area (Å²) in [6.07, 6.45) is 4.16. The fourth-order valence-corrected chi connectivity index (χ4v) is 2.65. The number of nitrogens with zero attached hydrogens (tertiary/aromatic N) is 2. The molecule has 4 heteroatoms. The van der Waals surface area contributed by atoms with E-state index in [1.807, 2.05) is 30.5 Å². The first kappa shape index (κ1) is 15.8. The summed E-state index contributed by atoms with van der Waals surface area (Å²) < 4.78 is 0. The Morgan fingerprint density at radius 1 is 1.13 bits per heavy atom. The largest absolute Gasteiger partial charge is 0.384 e. The van der Waals surface area contributed by atoms with Crippen LogP contribution in [-0.2, 0) is 0 Å². The summed E-state index contributed by atoms with van der Waals surface area (Å²) in [7, 11) is 0. The Kier molecular flexibility index (Phi) is 4.77. The molecule has 118 valence electrons. The maximum atomic E-state index is 5.98. The van der Waals surface area contributed by atoms with Crippen LogP contribution in [0.15, 0.2) is 42.6 Å². The summed E-state index contributed by atoms with van der Waals surface area (Å²) >= 11 is 5.98. The van der Waals surface area contributed by atoms with E-state index in [1.165, 1.54) is 0 Å². The molecule has 1 N–H and O–H groups in total. The zero-order chi connectivity index (χ0) is 16.2. The van der Waals surface area contributed by atoms with Gasteiger partial charge in [-0.25, -0.2) is 9.97 Å². The molecule has 0 unspecified atom stereocenters. The molecule has 0 saturated heterocycles. The molecule has 2 heterocycles. The molecule has 0 fully saturated rings. The third-order valence-corrected chi connectivity index (χ3v) is 4.04. The van der Waals surface area contributed by atoms with Gasteiger partial charge in [-0.1, -0.05) is 37.1 Å². The number of unbranched alkanes of at least 4 members (excludes halogenated alkanes) is 1. The maximum absolute atomic E-state index is 5.98. The average molecular weight is 326 g/mol. The van der Waals surface area contributed by atoms with Crippen LogP contribution < -0.4 is 5.32 Å². The number of anilines is 1. The second-order valence-electron chi connectivity index (χ2n) is 5.73. The van der Waals surface area contributed by atoms with Gasteiger partial charge < -0.3 is 5.32 Å². The third-order valence-electron chi connectivity index (χ3n) is 3.79. The Morgan fingerprint density at radius 2 is 1.91 bits per heavy atom. The van der Waals surface area contributed by atoms with Crippen molar-refractivity contribution < 1.29 is 0 Å². The average Bonchev–Trinajstić information content (AvgIpc) is 2.56. The summed E-state index contributed by atoms with van der Waals surface area (Å²) in [5, 5.41) is 5.33. The first-order chi connectivity index (χ1) is 11.2. The van der Waals surface area contributed by atoms with Gasteiger partial charge in [0.2, 0.25) is 0 Å². The monoisotopic (exact) mass is 325 g/mol. The van der Waals surface area contributed by atoms with Crippen LogP contribution >= 0.6 is 11.6 Å². The molecule has 23 heavy (non-hydrogen) atoms. The van der Waals surface area contributed by atoms with Gasteiger partial charge in [0, 0.05) is 34.4 Å². The third kappa shape index (κ3) is 3.62. The van der Waals surface area contributed by atoms with Crippen LogP contribution in [0.25, 0.3) is 22.3 Å². The molecule has 0 aliphatic heterocycles. The fourth-order valence-electron chi connectivity index (χ4n) is 2.52. The highest BCUT2D eigenvalue weighted by molar-refractivity contribution is 6.30.